The molecule has 3 rings (SSSR count). The largest absolute Gasteiger partial charge is 0.477 e. The average Bonchev–Trinajstić information content (AvgIpc) is 3.26. The molecule has 0 aliphatic heterocycles. The van der Waals surface area contributed by atoms with E-state index in [-0.39, 0.29) is 11.6 Å². The lowest BCUT2D eigenvalue weighted by Gasteiger charge is -2.20. The minimum absolute atomic E-state index is 0.112. The number of hydrogen-bond acceptors (Lipinski definition) is 3. The maximum atomic E-state index is 12.2. The third-order valence-electron chi connectivity index (χ3n) is 5.56. The van der Waals surface area contributed by atoms with Gasteiger partial charge >= 0.3 is 5.97 Å². The molecule has 0 bridgehead atoms. The highest BCUT2D eigenvalue weighted by Gasteiger charge is 2.18. The fourth-order valence-corrected chi connectivity index (χ4v) is 4.08. The van der Waals surface area contributed by atoms with Crippen LogP contribution in [0.3, 0.4) is 0 Å². The second-order valence-electron chi connectivity index (χ2n) is 7.70. The van der Waals surface area contributed by atoms with Crippen molar-refractivity contribution in [3.05, 3.63) is 64.8 Å². The first-order valence-corrected chi connectivity index (χ1v) is 10.6. The monoisotopic (exact) mass is 426 g/mol. The zero-order valence-corrected chi connectivity index (χ0v) is 17.9. The van der Waals surface area contributed by atoms with Crippen molar-refractivity contribution in [3.8, 4) is 0 Å². The van der Waals surface area contributed by atoms with Crippen LogP contribution in [-0.2, 0) is 9.59 Å². The van der Waals surface area contributed by atoms with Crippen LogP contribution in [-0.4, -0.2) is 24.0 Å². The number of benzene rings is 2. The molecule has 1 aliphatic carbocycles. The van der Waals surface area contributed by atoms with Gasteiger partial charge in [0.2, 0.25) is 5.91 Å². The summed E-state index contributed by atoms with van der Waals surface area (Å²) >= 11 is 6.26. The molecule has 0 aromatic heterocycles. The van der Waals surface area contributed by atoms with E-state index in [9.17, 15) is 14.7 Å². The third-order valence-corrected chi connectivity index (χ3v) is 5.88. The van der Waals surface area contributed by atoms with Gasteiger partial charge in [0, 0.05) is 19.2 Å². The van der Waals surface area contributed by atoms with Gasteiger partial charge < -0.3 is 15.3 Å². The van der Waals surface area contributed by atoms with Crippen LogP contribution in [0.1, 0.15) is 44.1 Å². The summed E-state index contributed by atoms with van der Waals surface area (Å²) in [5.74, 6) is -0.803. The Morgan fingerprint density at radius 1 is 1.13 bits per heavy atom. The quantitative estimate of drug-likeness (QED) is 0.537. The molecular formula is C24H27ClN2O3. The number of aliphatic carboxylic acids is 1. The summed E-state index contributed by atoms with van der Waals surface area (Å²) in [6.07, 6.45) is 7.46. The molecule has 2 N–H and O–H groups in total. The van der Waals surface area contributed by atoms with Crippen LogP contribution < -0.4 is 10.2 Å². The summed E-state index contributed by atoms with van der Waals surface area (Å²) < 4.78 is 0. The van der Waals surface area contributed by atoms with Gasteiger partial charge in [0.25, 0.3) is 0 Å². The minimum Gasteiger partial charge on any atom is -0.477 e. The van der Waals surface area contributed by atoms with Crippen LogP contribution in [0.15, 0.2) is 54.2 Å². The Morgan fingerprint density at radius 2 is 1.80 bits per heavy atom. The summed E-state index contributed by atoms with van der Waals surface area (Å²) in [4.78, 5) is 25.8. The molecule has 1 fully saturated rings. The van der Waals surface area contributed by atoms with Crippen LogP contribution in [0.2, 0.25) is 5.02 Å². The Bertz CT molecular complexity index is 918. The number of nitrogens with one attached hydrogen (secondary N) is 1. The Labute approximate surface area is 182 Å². The molecule has 1 aliphatic rings. The third kappa shape index (κ3) is 5.86. The highest BCUT2D eigenvalue weighted by atomic mass is 35.5. The van der Waals surface area contributed by atoms with Crippen molar-refractivity contribution in [3.63, 3.8) is 0 Å². The summed E-state index contributed by atoms with van der Waals surface area (Å²) in [7, 11) is 1.92. The number of carbonyl (C=O) groups excluding carboxylic acids is 1. The van der Waals surface area contributed by atoms with E-state index in [1.807, 2.05) is 60.5 Å². The zero-order valence-electron chi connectivity index (χ0n) is 17.1. The minimum atomic E-state index is -1.15. The van der Waals surface area contributed by atoms with Crippen molar-refractivity contribution in [2.45, 2.75) is 38.5 Å². The molecule has 0 saturated heterocycles. The van der Waals surface area contributed by atoms with E-state index in [4.69, 9.17) is 11.6 Å². The molecular weight excluding hydrogens is 400 g/mol. The molecule has 158 valence electrons. The standard InChI is InChI=1S/C24H27ClN2O3/c1-27(22-9-5-4-8-20(22)25)19-13-10-18(11-14-19)16-21(24(29)30)26-23(28)15-12-17-6-2-3-7-17/h4-5,8-11,13-14,16-17H,2-3,6-7,12,15H2,1H3,(H,26,28)(H,29,30)/b21-16-. The number of halogens is 1. The van der Waals surface area contributed by atoms with E-state index < -0.39 is 5.97 Å². The van der Waals surface area contributed by atoms with Crippen molar-refractivity contribution in [1.82, 2.24) is 5.32 Å². The molecule has 1 amide bonds. The number of para-hydroxylation sites is 1. The van der Waals surface area contributed by atoms with Crippen molar-refractivity contribution in [2.75, 3.05) is 11.9 Å². The van der Waals surface area contributed by atoms with Gasteiger partial charge in [0.05, 0.1) is 10.7 Å². The second kappa shape index (κ2) is 10.3. The molecule has 6 heteroatoms. The number of nitrogens with zero attached hydrogens (tertiary/aromatic N) is 1. The molecule has 0 radical (unpaired) electrons. The predicted octanol–water partition coefficient (Wildman–Crippen LogP) is 5.62. The van der Waals surface area contributed by atoms with Gasteiger partial charge in [-0.3, -0.25) is 4.79 Å². The Balaban J connectivity index is 1.66. The molecule has 2 aromatic carbocycles. The highest BCUT2D eigenvalue weighted by Crippen LogP contribution is 2.30. The Hall–Kier alpha value is -2.79. The number of carboxylic acid groups (broad SMARTS) is 1. The maximum Gasteiger partial charge on any atom is 0.352 e. The van der Waals surface area contributed by atoms with Gasteiger partial charge in [-0.25, -0.2) is 4.79 Å². The summed E-state index contributed by atoms with van der Waals surface area (Å²) in [6.45, 7) is 0. The first kappa shape index (κ1) is 21.9. The molecule has 1 saturated carbocycles. The van der Waals surface area contributed by atoms with Gasteiger partial charge in [-0.05, 0) is 48.2 Å². The SMILES string of the molecule is CN(c1ccc(/C=C(\NC(=O)CCC2CCCC2)C(=O)O)cc1)c1ccccc1Cl. The van der Waals surface area contributed by atoms with Gasteiger partial charge in [0.1, 0.15) is 5.70 Å². The van der Waals surface area contributed by atoms with E-state index in [1.54, 1.807) is 0 Å². The topological polar surface area (TPSA) is 69.6 Å². The summed E-state index contributed by atoms with van der Waals surface area (Å²) in [6, 6.07) is 15.0. The molecule has 2 aromatic rings. The fraction of sp³-hybridized carbons (Fsp3) is 0.333. The molecule has 0 spiro atoms. The lowest BCUT2D eigenvalue weighted by Crippen LogP contribution is -2.27. The van der Waals surface area contributed by atoms with Gasteiger partial charge in [-0.15, -0.1) is 0 Å². The second-order valence-corrected chi connectivity index (χ2v) is 8.11. The van der Waals surface area contributed by atoms with Gasteiger partial charge in [-0.2, -0.15) is 0 Å². The zero-order chi connectivity index (χ0) is 21.5. The molecule has 0 unspecified atom stereocenters. The molecule has 30 heavy (non-hydrogen) atoms. The lowest BCUT2D eigenvalue weighted by atomic mass is 10.0. The molecule has 5 nitrogen and oxygen atoms in total. The van der Waals surface area contributed by atoms with Crippen LogP contribution in [0.4, 0.5) is 11.4 Å². The van der Waals surface area contributed by atoms with Gasteiger partial charge in [-0.1, -0.05) is 61.5 Å². The average molecular weight is 427 g/mol. The number of amides is 1. The smallest absolute Gasteiger partial charge is 0.352 e. The highest BCUT2D eigenvalue weighted by molar-refractivity contribution is 6.33. The van der Waals surface area contributed by atoms with Crippen molar-refractivity contribution in [1.29, 1.82) is 0 Å². The predicted molar refractivity (Wildman–Crippen MR) is 121 cm³/mol. The van der Waals surface area contributed by atoms with E-state index in [0.29, 0.717) is 22.9 Å². The van der Waals surface area contributed by atoms with Crippen molar-refractivity contribution >= 4 is 40.9 Å². The van der Waals surface area contributed by atoms with Gasteiger partial charge in [0.15, 0.2) is 0 Å². The van der Waals surface area contributed by atoms with Crippen LogP contribution in [0.25, 0.3) is 6.08 Å². The maximum absolute atomic E-state index is 12.2. The Kier molecular flexibility index (Phi) is 7.52. The first-order chi connectivity index (χ1) is 14.4. The Morgan fingerprint density at radius 3 is 2.43 bits per heavy atom. The van der Waals surface area contributed by atoms with Crippen molar-refractivity contribution < 1.29 is 14.7 Å². The number of anilines is 2. The number of hydrogen-bond donors (Lipinski definition) is 2. The van der Waals surface area contributed by atoms with E-state index in [0.717, 1.165) is 17.8 Å². The van der Waals surface area contributed by atoms with Crippen LogP contribution >= 0.6 is 11.6 Å². The van der Waals surface area contributed by atoms with Crippen LogP contribution in [0.5, 0.6) is 0 Å². The number of carboxylic acids is 1. The van der Waals surface area contributed by atoms with E-state index in [2.05, 4.69) is 5.32 Å². The van der Waals surface area contributed by atoms with E-state index >= 15 is 0 Å². The lowest BCUT2D eigenvalue weighted by molar-refractivity contribution is -0.134. The first-order valence-electron chi connectivity index (χ1n) is 10.3. The number of carbonyl (C=O) groups is 2. The normalized spacial score (nSPS) is 14.5. The number of rotatable bonds is 8. The summed E-state index contributed by atoms with van der Waals surface area (Å²) in [5, 5.41) is 12.7. The van der Waals surface area contributed by atoms with Crippen LogP contribution in [0, 0.1) is 5.92 Å². The summed E-state index contributed by atoms with van der Waals surface area (Å²) in [5.41, 5.74) is 2.37. The molecule has 0 heterocycles. The van der Waals surface area contributed by atoms with Crippen molar-refractivity contribution in [2.24, 2.45) is 5.92 Å². The van der Waals surface area contributed by atoms with E-state index in [1.165, 1.54) is 31.8 Å². The fourth-order valence-electron chi connectivity index (χ4n) is 3.82. The molecule has 0 atom stereocenters.